The van der Waals surface area contributed by atoms with Crippen molar-refractivity contribution in [2.24, 2.45) is 11.1 Å². The zero-order valence-corrected chi connectivity index (χ0v) is 12.6. The second-order valence-electron chi connectivity index (χ2n) is 5.63. The Balaban J connectivity index is 2.63. The van der Waals surface area contributed by atoms with Crippen molar-refractivity contribution in [3.63, 3.8) is 0 Å². The molecule has 4 N–H and O–H groups in total. The monoisotopic (exact) mass is 265 g/mol. The minimum atomic E-state index is 0.270. The first-order valence-corrected chi connectivity index (χ1v) is 7.00. The zero-order valence-electron chi connectivity index (χ0n) is 12.6. The van der Waals surface area contributed by atoms with Crippen molar-refractivity contribution >= 4 is 11.6 Å². The normalized spacial score (nSPS) is 11.4. The van der Waals surface area contributed by atoms with Crippen LogP contribution < -0.4 is 16.4 Å². The van der Waals surface area contributed by atoms with Gasteiger partial charge in [0, 0.05) is 19.2 Å². The Morgan fingerprint density at radius 3 is 2.42 bits per heavy atom. The van der Waals surface area contributed by atoms with Gasteiger partial charge in [-0.3, -0.25) is 0 Å². The van der Waals surface area contributed by atoms with E-state index in [1.54, 1.807) is 0 Å². The molecule has 0 radical (unpaired) electrons. The lowest BCUT2D eigenvalue weighted by molar-refractivity contribution is 0.376. The zero-order chi connectivity index (χ0) is 14.3. The van der Waals surface area contributed by atoms with E-state index in [4.69, 9.17) is 5.73 Å². The molecular weight excluding hydrogens is 238 g/mol. The van der Waals surface area contributed by atoms with Crippen LogP contribution in [0.2, 0.25) is 0 Å². The van der Waals surface area contributed by atoms with E-state index in [0.717, 1.165) is 43.4 Å². The number of anilines is 2. The molecule has 0 saturated carbocycles. The van der Waals surface area contributed by atoms with Gasteiger partial charge in [-0.15, -0.1) is 0 Å². The van der Waals surface area contributed by atoms with Gasteiger partial charge in [0.05, 0.1) is 0 Å². The molecule has 0 atom stereocenters. The topological polar surface area (TPSA) is 75.9 Å². The van der Waals surface area contributed by atoms with E-state index in [0.29, 0.717) is 6.54 Å². The third-order valence-electron chi connectivity index (χ3n) is 3.23. The van der Waals surface area contributed by atoms with Crippen molar-refractivity contribution in [2.45, 2.75) is 40.5 Å². The van der Waals surface area contributed by atoms with Crippen LogP contribution in [0.4, 0.5) is 11.6 Å². The third kappa shape index (κ3) is 5.87. The number of nitrogens with two attached hydrogens (primary N) is 1. The number of hydrogen-bond acceptors (Lipinski definition) is 5. The van der Waals surface area contributed by atoms with Crippen LogP contribution in [0.25, 0.3) is 0 Å². The van der Waals surface area contributed by atoms with Gasteiger partial charge in [-0.2, -0.15) is 0 Å². The van der Waals surface area contributed by atoms with Crippen LogP contribution in [0, 0.1) is 12.3 Å². The van der Waals surface area contributed by atoms with Crippen LogP contribution in [0.5, 0.6) is 0 Å². The maximum Gasteiger partial charge on any atom is 0.131 e. The summed E-state index contributed by atoms with van der Waals surface area (Å²) in [6, 6.07) is 1.95. The first-order chi connectivity index (χ1) is 8.96. The summed E-state index contributed by atoms with van der Waals surface area (Å²) >= 11 is 0. The molecule has 0 saturated heterocycles. The largest absolute Gasteiger partial charge is 0.370 e. The molecule has 0 fully saturated rings. The van der Waals surface area contributed by atoms with Gasteiger partial charge >= 0.3 is 0 Å². The first-order valence-electron chi connectivity index (χ1n) is 7.00. The minimum Gasteiger partial charge on any atom is -0.370 e. The third-order valence-corrected chi connectivity index (χ3v) is 3.23. The number of nitrogens with zero attached hydrogens (tertiary/aromatic N) is 2. The minimum absolute atomic E-state index is 0.270. The number of aryl methyl sites for hydroxylation is 1. The molecule has 19 heavy (non-hydrogen) atoms. The molecule has 0 amide bonds. The second kappa shape index (κ2) is 7.28. The van der Waals surface area contributed by atoms with E-state index in [1.807, 2.05) is 13.0 Å². The molecule has 0 aliphatic carbocycles. The van der Waals surface area contributed by atoms with Crippen LogP contribution in [-0.2, 0) is 0 Å². The van der Waals surface area contributed by atoms with Crippen molar-refractivity contribution in [3.8, 4) is 0 Å². The van der Waals surface area contributed by atoms with Gasteiger partial charge in [-0.25, -0.2) is 9.97 Å². The lowest BCUT2D eigenvalue weighted by atomic mass is 9.90. The fourth-order valence-corrected chi connectivity index (χ4v) is 1.52. The molecule has 5 heteroatoms. The number of rotatable bonds is 8. The molecule has 0 aromatic carbocycles. The molecule has 1 rings (SSSR count). The maximum absolute atomic E-state index is 5.48. The van der Waals surface area contributed by atoms with Crippen LogP contribution in [0.3, 0.4) is 0 Å². The van der Waals surface area contributed by atoms with Gasteiger partial charge in [-0.05, 0) is 31.7 Å². The molecule has 0 aliphatic rings. The highest BCUT2D eigenvalue weighted by atomic mass is 15.1. The molecule has 0 aliphatic heterocycles. The Morgan fingerprint density at radius 1 is 1.21 bits per heavy atom. The highest BCUT2D eigenvalue weighted by Crippen LogP contribution is 2.20. The Labute approximate surface area is 116 Å². The van der Waals surface area contributed by atoms with Crippen molar-refractivity contribution in [1.29, 1.82) is 0 Å². The Kier molecular flexibility index (Phi) is 6.02. The van der Waals surface area contributed by atoms with E-state index in [9.17, 15) is 0 Å². The summed E-state index contributed by atoms with van der Waals surface area (Å²) in [5, 5.41) is 6.66. The molecule has 1 aromatic rings. The lowest BCUT2D eigenvalue weighted by Crippen LogP contribution is -2.22. The second-order valence-corrected chi connectivity index (χ2v) is 5.63. The van der Waals surface area contributed by atoms with E-state index in [1.165, 1.54) is 0 Å². The summed E-state index contributed by atoms with van der Waals surface area (Å²) in [5.74, 6) is 2.51. The standard InChI is InChI=1S/C14H27N5/c1-5-14(3,4)10-17-13-9-12(16-8-6-7-15)18-11(2)19-13/h9H,5-8,10,15H2,1-4H3,(H2,16,17,18,19). The average molecular weight is 265 g/mol. The number of nitrogens with one attached hydrogen (secondary N) is 2. The maximum atomic E-state index is 5.48. The Bertz CT molecular complexity index is 389. The van der Waals surface area contributed by atoms with E-state index in [2.05, 4.69) is 41.4 Å². The van der Waals surface area contributed by atoms with Gasteiger partial charge in [0.25, 0.3) is 0 Å². The molecule has 5 nitrogen and oxygen atoms in total. The summed E-state index contributed by atoms with van der Waals surface area (Å²) in [6.45, 7) is 11.0. The highest BCUT2D eigenvalue weighted by molar-refractivity contribution is 5.47. The van der Waals surface area contributed by atoms with E-state index in [-0.39, 0.29) is 5.41 Å². The fourth-order valence-electron chi connectivity index (χ4n) is 1.52. The Hall–Kier alpha value is -1.36. The Morgan fingerprint density at radius 2 is 1.84 bits per heavy atom. The predicted octanol–water partition coefficient (Wildman–Crippen LogP) is 2.39. The average Bonchev–Trinajstić information content (AvgIpc) is 2.36. The summed E-state index contributed by atoms with van der Waals surface area (Å²) in [6.07, 6.45) is 2.07. The van der Waals surface area contributed by atoms with Crippen molar-refractivity contribution in [3.05, 3.63) is 11.9 Å². The van der Waals surface area contributed by atoms with Gasteiger partial charge in [-0.1, -0.05) is 20.8 Å². The van der Waals surface area contributed by atoms with Crippen LogP contribution in [0.15, 0.2) is 6.07 Å². The van der Waals surface area contributed by atoms with Crippen molar-refractivity contribution < 1.29 is 0 Å². The van der Waals surface area contributed by atoms with Crippen LogP contribution >= 0.6 is 0 Å². The molecule has 0 bridgehead atoms. The molecule has 1 aromatic heterocycles. The lowest BCUT2D eigenvalue weighted by Gasteiger charge is -2.23. The molecule has 1 heterocycles. The quantitative estimate of drug-likeness (QED) is 0.629. The summed E-state index contributed by atoms with van der Waals surface area (Å²) < 4.78 is 0. The van der Waals surface area contributed by atoms with E-state index < -0.39 is 0 Å². The summed E-state index contributed by atoms with van der Waals surface area (Å²) in [5.41, 5.74) is 5.75. The van der Waals surface area contributed by atoms with Gasteiger partial charge in [0.1, 0.15) is 17.5 Å². The fraction of sp³-hybridized carbons (Fsp3) is 0.714. The van der Waals surface area contributed by atoms with Gasteiger partial charge < -0.3 is 16.4 Å². The highest BCUT2D eigenvalue weighted by Gasteiger charge is 2.15. The number of hydrogen-bond donors (Lipinski definition) is 3. The summed E-state index contributed by atoms with van der Waals surface area (Å²) in [4.78, 5) is 8.78. The number of aromatic nitrogens is 2. The van der Waals surface area contributed by atoms with Crippen LogP contribution in [-0.4, -0.2) is 29.6 Å². The van der Waals surface area contributed by atoms with Crippen molar-refractivity contribution in [2.75, 3.05) is 30.3 Å². The molecule has 0 spiro atoms. The molecule has 108 valence electrons. The van der Waals surface area contributed by atoms with Gasteiger partial charge in [0.15, 0.2) is 0 Å². The summed E-state index contributed by atoms with van der Waals surface area (Å²) in [7, 11) is 0. The molecular formula is C14H27N5. The van der Waals surface area contributed by atoms with Crippen molar-refractivity contribution in [1.82, 2.24) is 9.97 Å². The van der Waals surface area contributed by atoms with Crippen LogP contribution in [0.1, 0.15) is 39.4 Å². The smallest absolute Gasteiger partial charge is 0.131 e. The van der Waals surface area contributed by atoms with E-state index >= 15 is 0 Å². The SMILES string of the molecule is CCC(C)(C)CNc1cc(NCCCN)nc(C)n1. The first kappa shape index (κ1) is 15.7. The van der Waals surface area contributed by atoms with Gasteiger partial charge in [0.2, 0.25) is 0 Å². The predicted molar refractivity (Wildman–Crippen MR) is 81.5 cm³/mol. The molecule has 0 unspecified atom stereocenters.